The Hall–Kier alpha value is -1.55. The van der Waals surface area contributed by atoms with Crippen molar-refractivity contribution in [3.8, 4) is 0 Å². The number of amides is 1. The van der Waals surface area contributed by atoms with Crippen LogP contribution in [-0.2, 0) is 9.53 Å². The van der Waals surface area contributed by atoms with E-state index >= 15 is 0 Å². The van der Waals surface area contributed by atoms with E-state index in [9.17, 15) is 4.79 Å². The van der Waals surface area contributed by atoms with E-state index in [4.69, 9.17) is 4.74 Å². The lowest BCUT2D eigenvalue weighted by atomic mass is 10.0. The molecule has 1 aromatic carbocycles. The Bertz CT molecular complexity index is 489. The molecule has 0 spiro atoms. The molecule has 0 aliphatic carbocycles. The van der Waals surface area contributed by atoms with Gasteiger partial charge in [-0.25, -0.2) is 0 Å². The first-order valence-corrected chi connectivity index (χ1v) is 7.89. The van der Waals surface area contributed by atoms with Crippen LogP contribution in [0, 0.1) is 12.8 Å². The standard InChI is InChI=1S/C17H24N2O2/c1-14-3-2-4-16(11-14)18-6-8-19(9-7-18)17(20)12-15-5-10-21-13-15/h2-4,11,15H,5-10,12-13H2,1H3. The van der Waals surface area contributed by atoms with E-state index < -0.39 is 0 Å². The lowest BCUT2D eigenvalue weighted by Crippen LogP contribution is -2.49. The average molecular weight is 288 g/mol. The molecule has 1 amide bonds. The van der Waals surface area contributed by atoms with Crippen LogP contribution in [0.4, 0.5) is 5.69 Å². The van der Waals surface area contributed by atoms with E-state index in [0.717, 1.165) is 45.8 Å². The Morgan fingerprint density at radius 3 is 2.76 bits per heavy atom. The molecule has 0 bridgehead atoms. The van der Waals surface area contributed by atoms with Crippen LogP contribution in [0.5, 0.6) is 0 Å². The Kier molecular flexibility index (Phi) is 4.44. The summed E-state index contributed by atoms with van der Waals surface area (Å²) in [5.41, 5.74) is 2.55. The molecule has 2 fully saturated rings. The summed E-state index contributed by atoms with van der Waals surface area (Å²) in [5, 5.41) is 0. The number of hydrogen-bond donors (Lipinski definition) is 0. The van der Waals surface area contributed by atoms with Gasteiger partial charge in [0.05, 0.1) is 0 Å². The van der Waals surface area contributed by atoms with Gasteiger partial charge in [0.15, 0.2) is 0 Å². The minimum absolute atomic E-state index is 0.300. The van der Waals surface area contributed by atoms with Crippen molar-refractivity contribution in [2.75, 3.05) is 44.3 Å². The number of anilines is 1. The molecule has 4 heteroatoms. The van der Waals surface area contributed by atoms with E-state index in [0.29, 0.717) is 18.2 Å². The number of carbonyl (C=O) groups is 1. The normalized spacial score (nSPS) is 22.6. The fourth-order valence-electron chi connectivity index (χ4n) is 3.16. The van der Waals surface area contributed by atoms with Gasteiger partial charge < -0.3 is 14.5 Å². The van der Waals surface area contributed by atoms with Crippen LogP contribution in [-0.4, -0.2) is 50.2 Å². The highest BCUT2D eigenvalue weighted by Crippen LogP contribution is 2.20. The van der Waals surface area contributed by atoms with E-state index in [1.165, 1.54) is 11.3 Å². The van der Waals surface area contributed by atoms with Gasteiger partial charge in [0.25, 0.3) is 0 Å². The summed E-state index contributed by atoms with van der Waals surface area (Å²) >= 11 is 0. The van der Waals surface area contributed by atoms with Crippen LogP contribution in [0.3, 0.4) is 0 Å². The van der Waals surface area contributed by atoms with Crippen LogP contribution in [0.15, 0.2) is 24.3 Å². The van der Waals surface area contributed by atoms with Gasteiger partial charge in [0.1, 0.15) is 0 Å². The highest BCUT2D eigenvalue weighted by molar-refractivity contribution is 5.76. The summed E-state index contributed by atoms with van der Waals surface area (Å²) in [6.07, 6.45) is 1.69. The van der Waals surface area contributed by atoms with E-state index in [-0.39, 0.29) is 0 Å². The predicted octanol–water partition coefficient (Wildman–Crippen LogP) is 2.07. The first-order valence-electron chi connectivity index (χ1n) is 7.89. The molecule has 1 aromatic rings. The first-order chi connectivity index (χ1) is 10.2. The number of hydrogen-bond acceptors (Lipinski definition) is 3. The molecule has 4 nitrogen and oxygen atoms in total. The number of nitrogens with zero attached hydrogens (tertiary/aromatic N) is 2. The second-order valence-electron chi connectivity index (χ2n) is 6.14. The third kappa shape index (κ3) is 3.56. The largest absolute Gasteiger partial charge is 0.381 e. The molecule has 3 rings (SSSR count). The maximum absolute atomic E-state index is 12.3. The molecule has 0 saturated carbocycles. The zero-order valence-electron chi connectivity index (χ0n) is 12.8. The second kappa shape index (κ2) is 6.48. The van der Waals surface area contributed by atoms with E-state index in [2.05, 4.69) is 36.1 Å². The van der Waals surface area contributed by atoms with E-state index in [1.807, 2.05) is 4.90 Å². The van der Waals surface area contributed by atoms with Crippen molar-refractivity contribution < 1.29 is 9.53 Å². The lowest BCUT2D eigenvalue weighted by molar-refractivity contribution is -0.132. The predicted molar refractivity (Wildman–Crippen MR) is 83.5 cm³/mol. The van der Waals surface area contributed by atoms with Crippen LogP contribution < -0.4 is 4.90 Å². The molecule has 2 aliphatic rings. The summed E-state index contributed by atoms with van der Waals surface area (Å²) in [5.74, 6) is 0.738. The van der Waals surface area contributed by atoms with Gasteiger partial charge in [-0.05, 0) is 37.0 Å². The van der Waals surface area contributed by atoms with Gasteiger partial charge in [-0.15, -0.1) is 0 Å². The number of benzene rings is 1. The molecule has 1 unspecified atom stereocenters. The third-order valence-corrected chi connectivity index (χ3v) is 4.49. The molecule has 0 aromatic heterocycles. The fourth-order valence-corrected chi connectivity index (χ4v) is 3.16. The van der Waals surface area contributed by atoms with Gasteiger partial charge >= 0.3 is 0 Å². The number of ether oxygens (including phenoxy) is 1. The molecule has 1 atom stereocenters. The van der Waals surface area contributed by atoms with Crippen LogP contribution in [0.2, 0.25) is 0 Å². The summed E-state index contributed by atoms with van der Waals surface area (Å²) < 4.78 is 5.35. The Balaban J connectivity index is 1.51. The van der Waals surface area contributed by atoms with Crippen molar-refractivity contribution in [1.82, 2.24) is 4.90 Å². The molecule has 21 heavy (non-hydrogen) atoms. The maximum atomic E-state index is 12.3. The zero-order valence-corrected chi connectivity index (χ0v) is 12.8. The molecule has 2 heterocycles. The topological polar surface area (TPSA) is 32.8 Å². The van der Waals surface area contributed by atoms with Crippen molar-refractivity contribution in [1.29, 1.82) is 0 Å². The van der Waals surface area contributed by atoms with Crippen molar-refractivity contribution in [2.24, 2.45) is 5.92 Å². The molecule has 2 saturated heterocycles. The van der Waals surface area contributed by atoms with Crippen molar-refractivity contribution in [3.05, 3.63) is 29.8 Å². The number of rotatable bonds is 3. The highest BCUT2D eigenvalue weighted by Gasteiger charge is 2.25. The summed E-state index contributed by atoms with van der Waals surface area (Å²) in [4.78, 5) is 16.7. The Morgan fingerprint density at radius 1 is 1.29 bits per heavy atom. The van der Waals surface area contributed by atoms with Gasteiger partial charge in [-0.3, -0.25) is 4.79 Å². The SMILES string of the molecule is Cc1cccc(N2CCN(C(=O)CC3CCOC3)CC2)c1. The minimum Gasteiger partial charge on any atom is -0.381 e. The molecule has 0 radical (unpaired) electrons. The minimum atomic E-state index is 0.300. The van der Waals surface area contributed by atoms with Crippen LogP contribution >= 0.6 is 0 Å². The number of piperazine rings is 1. The Labute approximate surface area is 126 Å². The smallest absolute Gasteiger partial charge is 0.223 e. The number of carbonyl (C=O) groups excluding carboxylic acids is 1. The number of aryl methyl sites for hydroxylation is 1. The second-order valence-corrected chi connectivity index (χ2v) is 6.14. The quantitative estimate of drug-likeness (QED) is 0.853. The van der Waals surface area contributed by atoms with Gasteiger partial charge in [0.2, 0.25) is 5.91 Å². The van der Waals surface area contributed by atoms with Crippen LogP contribution in [0.1, 0.15) is 18.4 Å². The average Bonchev–Trinajstić information content (AvgIpc) is 3.00. The first kappa shape index (κ1) is 14.4. The maximum Gasteiger partial charge on any atom is 0.223 e. The molecule has 2 aliphatic heterocycles. The van der Waals surface area contributed by atoms with Crippen molar-refractivity contribution in [3.63, 3.8) is 0 Å². The summed E-state index contributed by atoms with van der Waals surface area (Å²) in [6.45, 7) is 7.22. The molecular weight excluding hydrogens is 264 g/mol. The van der Waals surface area contributed by atoms with Gasteiger partial charge in [0, 0.05) is 51.5 Å². The highest BCUT2D eigenvalue weighted by atomic mass is 16.5. The fraction of sp³-hybridized carbons (Fsp3) is 0.588. The van der Waals surface area contributed by atoms with Gasteiger partial charge in [-0.2, -0.15) is 0 Å². The monoisotopic (exact) mass is 288 g/mol. The molecule has 0 N–H and O–H groups in total. The summed E-state index contributed by atoms with van der Waals surface area (Å²) in [7, 11) is 0. The molecule has 114 valence electrons. The third-order valence-electron chi connectivity index (χ3n) is 4.49. The van der Waals surface area contributed by atoms with E-state index in [1.54, 1.807) is 0 Å². The zero-order chi connectivity index (χ0) is 14.7. The van der Waals surface area contributed by atoms with Crippen molar-refractivity contribution >= 4 is 11.6 Å². The van der Waals surface area contributed by atoms with Crippen molar-refractivity contribution in [2.45, 2.75) is 19.8 Å². The lowest BCUT2D eigenvalue weighted by Gasteiger charge is -2.36. The van der Waals surface area contributed by atoms with Crippen LogP contribution in [0.25, 0.3) is 0 Å². The Morgan fingerprint density at radius 2 is 2.10 bits per heavy atom. The molecular formula is C17H24N2O2. The summed E-state index contributed by atoms with van der Waals surface area (Å²) in [6, 6.07) is 8.59. The van der Waals surface area contributed by atoms with Gasteiger partial charge in [-0.1, -0.05) is 12.1 Å².